The molecule has 0 atom stereocenters. The van der Waals surface area contributed by atoms with E-state index in [0.717, 1.165) is 0 Å². The first-order valence-electron chi connectivity index (χ1n) is 13.7. The summed E-state index contributed by atoms with van der Waals surface area (Å²) in [5, 5.41) is 5.82. The van der Waals surface area contributed by atoms with Crippen LogP contribution < -0.4 is 0 Å². The van der Waals surface area contributed by atoms with Crippen LogP contribution in [0.3, 0.4) is 0 Å². The van der Waals surface area contributed by atoms with Gasteiger partial charge in [-0.25, -0.2) is 0 Å². The second-order valence-electron chi connectivity index (χ2n) is 12.8. The molecule has 1 heteroatoms. The second kappa shape index (κ2) is 12.4. The van der Waals surface area contributed by atoms with Crippen molar-refractivity contribution in [1.82, 2.24) is 0 Å². The minimum absolute atomic E-state index is 0. The standard InChI is InChI=1S/C35H46.2CH3.Zr/c1-19(2)25-15-27-13-23(9)33(31(27)29(17-25)21(5)6)35(11,12)34-24(10)14-28-16-26(20(3)4)18-30(22(7)8)32(28)34;;;/h13-22H,1-12H3;2*1H3;/q-2;2*-1;+4. The van der Waals surface area contributed by atoms with Gasteiger partial charge in [0.1, 0.15) is 0 Å². The van der Waals surface area contributed by atoms with Crippen LogP contribution >= 0.6 is 0 Å². The minimum atomic E-state index is -0.0936. The summed E-state index contributed by atoms with van der Waals surface area (Å²) >= 11 is 0. The van der Waals surface area contributed by atoms with Crippen molar-refractivity contribution in [3.05, 3.63) is 95.8 Å². The number of fused-ring (bicyclic) bond motifs is 2. The molecule has 0 aromatic heterocycles. The molecule has 0 unspecified atom stereocenters. The van der Waals surface area contributed by atoms with E-state index in [9.17, 15) is 0 Å². The summed E-state index contributed by atoms with van der Waals surface area (Å²) in [6.45, 7) is 28.2. The van der Waals surface area contributed by atoms with Gasteiger partial charge in [-0.2, -0.15) is 0 Å². The van der Waals surface area contributed by atoms with Crippen molar-refractivity contribution in [2.45, 2.75) is 112 Å². The van der Waals surface area contributed by atoms with Gasteiger partial charge in [0.05, 0.1) is 0 Å². The van der Waals surface area contributed by atoms with E-state index in [1.165, 1.54) is 66.1 Å². The van der Waals surface area contributed by atoms with Gasteiger partial charge in [-0.3, -0.25) is 0 Å². The first-order chi connectivity index (χ1) is 16.2. The van der Waals surface area contributed by atoms with Crippen LogP contribution in [-0.4, -0.2) is 0 Å². The monoisotopic (exact) mass is 586 g/mol. The third-order valence-electron chi connectivity index (χ3n) is 8.30. The Bertz CT molecular complexity index is 1280. The van der Waals surface area contributed by atoms with Gasteiger partial charge < -0.3 is 14.9 Å². The normalized spacial score (nSPS) is 12.0. The fraction of sp³-hybridized carbons (Fsp3) is 0.459. The van der Waals surface area contributed by atoms with Crippen molar-refractivity contribution in [2.75, 3.05) is 0 Å². The summed E-state index contributed by atoms with van der Waals surface area (Å²) in [6, 6.07) is 14.8. The van der Waals surface area contributed by atoms with Gasteiger partial charge in [0, 0.05) is 0 Å². The molecule has 0 aliphatic heterocycles. The summed E-state index contributed by atoms with van der Waals surface area (Å²) in [4.78, 5) is 0. The Balaban J connectivity index is 0.00000241. The van der Waals surface area contributed by atoms with Gasteiger partial charge in [0.25, 0.3) is 0 Å². The maximum absolute atomic E-state index is 2.49. The fourth-order valence-electron chi connectivity index (χ4n) is 6.55. The molecule has 0 fully saturated rings. The number of hydrogen-bond donors (Lipinski definition) is 0. The predicted molar refractivity (Wildman–Crippen MR) is 170 cm³/mol. The van der Waals surface area contributed by atoms with Crippen molar-refractivity contribution in [3.63, 3.8) is 0 Å². The van der Waals surface area contributed by atoms with E-state index < -0.39 is 0 Å². The molecule has 0 radical (unpaired) electrons. The van der Waals surface area contributed by atoms with Gasteiger partial charge in [-0.05, 0) is 23.7 Å². The number of benzene rings is 2. The van der Waals surface area contributed by atoms with Crippen LogP contribution in [0.5, 0.6) is 0 Å². The molecule has 0 amide bonds. The van der Waals surface area contributed by atoms with E-state index in [4.69, 9.17) is 0 Å². The van der Waals surface area contributed by atoms with Crippen LogP contribution in [0.25, 0.3) is 21.5 Å². The Morgan fingerprint density at radius 1 is 0.553 bits per heavy atom. The number of hydrogen-bond acceptors (Lipinski definition) is 0. The van der Waals surface area contributed by atoms with Gasteiger partial charge in [-0.1, -0.05) is 123 Å². The molecule has 0 heterocycles. The van der Waals surface area contributed by atoms with Crippen LogP contribution in [-0.2, 0) is 31.6 Å². The Labute approximate surface area is 254 Å². The fourth-order valence-corrected chi connectivity index (χ4v) is 6.55. The molecule has 204 valence electrons. The molecular weight excluding hydrogens is 536 g/mol. The Morgan fingerprint density at radius 3 is 1.13 bits per heavy atom. The van der Waals surface area contributed by atoms with Crippen LogP contribution in [0.1, 0.15) is 137 Å². The van der Waals surface area contributed by atoms with E-state index in [1.807, 2.05) is 0 Å². The number of rotatable bonds is 6. The predicted octanol–water partition coefficient (Wildman–Crippen LogP) is 11.8. The minimum Gasteiger partial charge on any atom is -0.358 e. The molecule has 0 spiro atoms. The van der Waals surface area contributed by atoms with E-state index >= 15 is 0 Å². The van der Waals surface area contributed by atoms with E-state index in [0.29, 0.717) is 23.7 Å². The zero-order chi connectivity index (χ0) is 26.0. The molecular formula is C37H52Zr. The summed E-state index contributed by atoms with van der Waals surface area (Å²) < 4.78 is 0. The van der Waals surface area contributed by atoms with E-state index in [-0.39, 0.29) is 46.5 Å². The summed E-state index contributed by atoms with van der Waals surface area (Å²) in [5.41, 5.74) is 11.7. The molecule has 0 saturated carbocycles. The molecule has 0 nitrogen and oxygen atoms in total. The SMILES string of the molecule is Cc1[cH-]c2cc(C(C)C)cc(C(C)C)c2c1C(C)(C)c1c(C)[cH-]c2cc(C(C)C)cc(C(C)C)c12.[CH3-].[CH3-].[Zr+4]. The van der Waals surface area contributed by atoms with Crippen molar-refractivity contribution < 1.29 is 26.2 Å². The average molecular weight is 588 g/mol. The summed E-state index contributed by atoms with van der Waals surface area (Å²) in [6.07, 6.45) is 0. The zero-order valence-corrected chi connectivity index (χ0v) is 29.2. The third-order valence-corrected chi connectivity index (χ3v) is 8.30. The topological polar surface area (TPSA) is 0 Å². The summed E-state index contributed by atoms with van der Waals surface area (Å²) in [7, 11) is 0. The molecule has 4 rings (SSSR count). The molecule has 0 aliphatic carbocycles. The zero-order valence-electron chi connectivity index (χ0n) is 26.8. The maximum Gasteiger partial charge on any atom is 4.00 e. The number of aryl methyl sites for hydroxylation is 2. The largest absolute Gasteiger partial charge is 4.00 e. The third kappa shape index (κ3) is 5.70. The van der Waals surface area contributed by atoms with Gasteiger partial charge in [-0.15, -0.1) is 68.1 Å². The smallest absolute Gasteiger partial charge is 0.358 e. The van der Waals surface area contributed by atoms with Crippen LogP contribution in [0.4, 0.5) is 0 Å². The molecule has 4 aromatic carbocycles. The first-order valence-corrected chi connectivity index (χ1v) is 13.7. The Hall–Kier alpha value is -1.46. The maximum atomic E-state index is 2.49. The Kier molecular flexibility index (Phi) is 11.3. The van der Waals surface area contributed by atoms with Gasteiger partial charge >= 0.3 is 26.2 Å². The Morgan fingerprint density at radius 2 is 0.868 bits per heavy atom. The quantitative estimate of drug-likeness (QED) is 0.197. The van der Waals surface area contributed by atoms with Crippen LogP contribution in [0, 0.1) is 28.7 Å². The molecule has 0 bridgehead atoms. The second-order valence-corrected chi connectivity index (χ2v) is 12.8. The van der Waals surface area contributed by atoms with Crippen molar-refractivity contribution in [1.29, 1.82) is 0 Å². The van der Waals surface area contributed by atoms with Crippen molar-refractivity contribution in [2.24, 2.45) is 0 Å². The average Bonchev–Trinajstić information content (AvgIpc) is 3.27. The van der Waals surface area contributed by atoms with E-state index in [2.05, 4.69) is 119 Å². The molecule has 0 N–H and O–H groups in total. The van der Waals surface area contributed by atoms with Gasteiger partial charge in [0.15, 0.2) is 0 Å². The molecule has 38 heavy (non-hydrogen) atoms. The van der Waals surface area contributed by atoms with Crippen LogP contribution in [0.15, 0.2) is 36.4 Å². The van der Waals surface area contributed by atoms with E-state index in [1.54, 1.807) is 0 Å². The van der Waals surface area contributed by atoms with Crippen molar-refractivity contribution >= 4 is 21.5 Å². The first kappa shape index (κ1) is 34.6. The van der Waals surface area contributed by atoms with Crippen molar-refractivity contribution in [3.8, 4) is 0 Å². The van der Waals surface area contributed by atoms with Gasteiger partial charge in [0.2, 0.25) is 0 Å². The summed E-state index contributed by atoms with van der Waals surface area (Å²) in [5.74, 6) is 2.05. The molecule has 4 aromatic rings. The van der Waals surface area contributed by atoms with Crippen LogP contribution in [0.2, 0.25) is 0 Å². The molecule has 0 saturated heterocycles. The molecule has 0 aliphatic rings.